The van der Waals surface area contributed by atoms with Crippen molar-refractivity contribution in [1.82, 2.24) is 4.98 Å². The van der Waals surface area contributed by atoms with Crippen molar-refractivity contribution in [2.75, 3.05) is 0 Å². The minimum atomic E-state index is 1.06. The van der Waals surface area contributed by atoms with Gasteiger partial charge in [0.2, 0.25) is 0 Å². The fourth-order valence-electron chi connectivity index (χ4n) is 1.68. The van der Waals surface area contributed by atoms with Crippen molar-refractivity contribution in [3.05, 3.63) is 52.3 Å². The molecule has 1 nitrogen and oxygen atoms in total. The first kappa shape index (κ1) is 10.4. The molecule has 2 aromatic rings. The van der Waals surface area contributed by atoms with Gasteiger partial charge in [-0.3, -0.25) is 4.98 Å². The molecule has 0 aliphatic carbocycles. The number of nitrogens with zero attached hydrogens (tertiary/aromatic N) is 1. The molecule has 0 fully saturated rings. The first-order valence-electron chi connectivity index (χ1n) is 4.86. The standard InChI is InChI=1S/C13H12BrN/c1-9-6-11(8-12(14)7-9)13-4-3-5-15-10(13)2/h3-8H,1-2H3. The molecule has 0 saturated carbocycles. The molecule has 0 aliphatic heterocycles. The van der Waals surface area contributed by atoms with E-state index < -0.39 is 0 Å². The largest absolute Gasteiger partial charge is 0.261 e. The first-order valence-corrected chi connectivity index (χ1v) is 5.65. The summed E-state index contributed by atoms with van der Waals surface area (Å²) in [4.78, 5) is 4.30. The summed E-state index contributed by atoms with van der Waals surface area (Å²) >= 11 is 3.51. The Balaban J connectivity index is 2.59. The van der Waals surface area contributed by atoms with Crippen LogP contribution in [0.25, 0.3) is 11.1 Å². The molecular weight excluding hydrogens is 250 g/mol. The molecule has 15 heavy (non-hydrogen) atoms. The molecule has 0 radical (unpaired) electrons. The maximum absolute atomic E-state index is 4.30. The maximum Gasteiger partial charge on any atom is 0.0450 e. The van der Waals surface area contributed by atoms with E-state index in [0.29, 0.717) is 0 Å². The summed E-state index contributed by atoms with van der Waals surface area (Å²) in [6.07, 6.45) is 1.82. The third-order valence-corrected chi connectivity index (χ3v) is 2.82. The summed E-state index contributed by atoms with van der Waals surface area (Å²) in [6, 6.07) is 10.5. The summed E-state index contributed by atoms with van der Waals surface area (Å²) < 4.78 is 1.11. The number of pyridine rings is 1. The summed E-state index contributed by atoms with van der Waals surface area (Å²) in [5, 5.41) is 0. The van der Waals surface area contributed by atoms with E-state index in [9.17, 15) is 0 Å². The third-order valence-electron chi connectivity index (χ3n) is 2.36. The molecule has 1 heterocycles. The van der Waals surface area contributed by atoms with Gasteiger partial charge in [-0.2, -0.15) is 0 Å². The average molecular weight is 262 g/mol. The zero-order chi connectivity index (χ0) is 10.8. The lowest BCUT2D eigenvalue weighted by Gasteiger charge is -2.06. The second-order valence-electron chi connectivity index (χ2n) is 3.65. The molecule has 0 N–H and O–H groups in total. The van der Waals surface area contributed by atoms with Crippen LogP contribution >= 0.6 is 15.9 Å². The van der Waals surface area contributed by atoms with Gasteiger partial charge in [0.1, 0.15) is 0 Å². The number of aromatic nitrogens is 1. The molecule has 1 aromatic heterocycles. The highest BCUT2D eigenvalue weighted by molar-refractivity contribution is 9.10. The van der Waals surface area contributed by atoms with E-state index in [-0.39, 0.29) is 0 Å². The number of halogens is 1. The summed E-state index contributed by atoms with van der Waals surface area (Å²) in [5.74, 6) is 0. The molecule has 1 aromatic carbocycles. The fourth-order valence-corrected chi connectivity index (χ4v) is 2.29. The van der Waals surface area contributed by atoms with Gasteiger partial charge in [0.15, 0.2) is 0 Å². The van der Waals surface area contributed by atoms with E-state index in [1.165, 1.54) is 16.7 Å². The smallest absolute Gasteiger partial charge is 0.0450 e. The van der Waals surface area contributed by atoms with Gasteiger partial charge in [-0.25, -0.2) is 0 Å². The van der Waals surface area contributed by atoms with Crippen LogP contribution in [0.2, 0.25) is 0 Å². The zero-order valence-corrected chi connectivity index (χ0v) is 10.4. The SMILES string of the molecule is Cc1cc(Br)cc(-c2cccnc2C)c1. The van der Waals surface area contributed by atoms with Gasteiger partial charge in [0.05, 0.1) is 0 Å². The molecule has 76 valence electrons. The zero-order valence-electron chi connectivity index (χ0n) is 8.79. The molecule has 0 atom stereocenters. The van der Waals surface area contributed by atoms with Crippen LogP contribution in [0, 0.1) is 13.8 Å². The molecule has 2 rings (SSSR count). The number of hydrogen-bond acceptors (Lipinski definition) is 1. The molecule has 2 heteroatoms. The van der Waals surface area contributed by atoms with Crippen LogP contribution in [0.1, 0.15) is 11.3 Å². The lowest BCUT2D eigenvalue weighted by atomic mass is 10.0. The van der Waals surface area contributed by atoms with Gasteiger partial charge in [-0.1, -0.05) is 28.1 Å². The summed E-state index contributed by atoms with van der Waals surface area (Å²) in [7, 11) is 0. The third kappa shape index (κ3) is 2.26. The van der Waals surface area contributed by atoms with Gasteiger partial charge < -0.3 is 0 Å². The van der Waals surface area contributed by atoms with E-state index in [1.807, 2.05) is 19.2 Å². The fraction of sp³-hybridized carbons (Fsp3) is 0.154. The van der Waals surface area contributed by atoms with Gasteiger partial charge >= 0.3 is 0 Å². The summed E-state index contributed by atoms with van der Waals surface area (Å²) in [6.45, 7) is 4.13. The predicted octanol–water partition coefficient (Wildman–Crippen LogP) is 4.13. The Bertz CT molecular complexity index is 471. The molecule has 0 saturated heterocycles. The van der Waals surface area contributed by atoms with Crippen molar-refractivity contribution in [1.29, 1.82) is 0 Å². The highest BCUT2D eigenvalue weighted by Crippen LogP contribution is 2.26. The summed E-state index contributed by atoms with van der Waals surface area (Å²) in [5.41, 5.74) is 4.73. The normalized spacial score (nSPS) is 10.3. The van der Waals surface area contributed by atoms with Gasteiger partial charge in [-0.05, 0) is 43.2 Å². The Morgan fingerprint density at radius 3 is 2.60 bits per heavy atom. The minimum Gasteiger partial charge on any atom is -0.261 e. The Morgan fingerprint density at radius 2 is 1.93 bits per heavy atom. The predicted molar refractivity (Wildman–Crippen MR) is 66.8 cm³/mol. The van der Waals surface area contributed by atoms with Crippen LogP contribution in [0.4, 0.5) is 0 Å². The van der Waals surface area contributed by atoms with Crippen molar-refractivity contribution in [2.45, 2.75) is 13.8 Å². The van der Waals surface area contributed by atoms with Crippen molar-refractivity contribution >= 4 is 15.9 Å². The van der Waals surface area contributed by atoms with Crippen LogP contribution in [-0.2, 0) is 0 Å². The van der Waals surface area contributed by atoms with Crippen LogP contribution < -0.4 is 0 Å². The quantitative estimate of drug-likeness (QED) is 0.753. The molecule has 0 unspecified atom stereocenters. The van der Waals surface area contributed by atoms with Crippen molar-refractivity contribution < 1.29 is 0 Å². The molecule has 0 aliphatic rings. The van der Waals surface area contributed by atoms with Crippen molar-refractivity contribution in [3.8, 4) is 11.1 Å². The topological polar surface area (TPSA) is 12.9 Å². The van der Waals surface area contributed by atoms with Crippen molar-refractivity contribution in [3.63, 3.8) is 0 Å². The van der Waals surface area contributed by atoms with Gasteiger partial charge in [-0.15, -0.1) is 0 Å². The second kappa shape index (κ2) is 4.15. The molecule has 0 amide bonds. The van der Waals surface area contributed by atoms with E-state index in [4.69, 9.17) is 0 Å². The van der Waals surface area contributed by atoms with E-state index in [1.54, 1.807) is 0 Å². The number of aryl methyl sites for hydroxylation is 2. The second-order valence-corrected chi connectivity index (χ2v) is 4.57. The van der Waals surface area contributed by atoms with Crippen molar-refractivity contribution in [2.24, 2.45) is 0 Å². The number of hydrogen-bond donors (Lipinski definition) is 0. The van der Waals surface area contributed by atoms with E-state index in [2.05, 4.69) is 52.1 Å². The Morgan fingerprint density at radius 1 is 1.13 bits per heavy atom. The lowest BCUT2D eigenvalue weighted by Crippen LogP contribution is -1.87. The maximum atomic E-state index is 4.30. The van der Waals surface area contributed by atoms with Crippen LogP contribution in [-0.4, -0.2) is 4.98 Å². The van der Waals surface area contributed by atoms with Gasteiger partial charge in [0.25, 0.3) is 0 Å². The van der Waals surface area contributed by atoms with Gasteiger partial charge in [0, 0.05) is 21.9 Å². The lowest BCUT2D eigenvalue weighted by molar-refractivity contribution is 1.20. The monoisotopic (exact) mass is 261 g/mol. The number of rotatable bonds is 1. The first-order chi connectivity index (χ1) is 7.16. The molecule has 0 bridgehead atoms. The highest BCUT2D eigenvalue weighted by atomic mass is 79.9. The van der Waals surface area contributed by atoms with Crippen LogP contribution in [0.3, 0.4) is 0 Å². The Hall–Kier alpha value is -1.15. The van der Waals surface area contributed by atoms with E-state index in [0.717, 1.165) is 10.2 Å². The highest BCUT2D eigenvalue weighted by Gasteiger charge is 2.03. The molecular formula is C13H12BrN. The number of benzene rings is 1. The minimum absolute atomic E-state index is 1.06. The average Bonchev–Trinajstić information content (AvgIpc) is 2.16. The van der Waals surface area contributed by atoms with Crippen LogP contribution in [0.15, 0.2) is 41.0 Å². The van der Waals surface area contributed by atoms with E-state index >= 15 is 0 Å². The van der Waals surface area contributed by atoms with Crippen LogP contribution in [0.5, 0.6) is 0 Å². The Kier molecular flexibility index (Phi) is 2.87. The molecule has 0 spiro atoms. The Labute approximate surface area is 98.3 Å².